The molecule has 3 aliphatic heterocycles. The van der Waals surface area contributed by atoms with Crippen LogP contribution in [-0.4, -0.2) is 24.3 Å². The Hall–Kier alpha value is -2.48. The Morgan fingerprint density at radius 2 is 1.47 bits per heavy atom. The molecule has 5 atom stereocenters. The van der Waals surface area contributed by atoms with E-state index in [9.17, 15) is 0 Å². The van der Waals surface area contributed by atoms with Crippen LogP contribution in [0.15, 0.2) is 102 Å². The van der Waals surface area contributed by atoms with Crippen LogP contribution >= 0.6 is 6.04 Å². The van der Waals surface area contributed by atoms with Gasteiger partial charge in [0, 0.05) is 17.8 Å². The van der Waals surface area contributed by atoms with Crippen molar-refractivity contribution in [1.82, 2.24) is 0 Å². The summed E-state index contributed by atoms with van der Waals surface area (Å²) in [5.41, 5.74) is 5.54. The van der Waals surface area contributed by atoms with Crippen LogP contribution < -0.4 is 0 Å². The molecule has 0 aromatic heterocycles. The van der Waals surface area contributed by atoms with Crippen LogP contribution in [0.2, 0.25) is 0 Å². The number of hydrogen-bond acceptors (Lipinski definition) is 3. The van der Waals surface area contributed by atoms with Crippen molar-refractivity contribution < 1.29 is 4.74 Å². The highest BCUT2D eigenvalue weighted by Gasteiger charge is 2.64. The van der Waals surface area contributed by atoms with Crippen LogP contribution in [0.5, 0.6) is 0 Å². The number of hydrogen-bond donors (Lipinski definition) is 0. The van der Waals surface area contributed by atoms with Crippen molar-refractivity contribution >= 4 is 29.1 Å². The summed E-state index contributed by atoms with van der Waals surface area (Å²) in [7, 11) is 0. The molecule has 34 heavy (non-hydrogen) atoms. The van der Waals surface area contributed by atoms with Crippen molar-refractivity contribution in [2.75, 3.05) is 12.8 Å². The molecule has 0 aliphatic carbocycles. The van der Waals surface area contributed by atoms with Crippen LogP contribution in [0.1, 0.15) is 48.9 Å². The second-order valence-electron chi connectivity index (χ2n) is 10.1. The van der Waals surface area contributed by atoms with E-state index >= 15 is 0 Å². The Morgan fingerprint density at radius 3 is 2.12 bits per heavy atom. The molecular formula is C30H30NOPS. The van der Waals surface area contributed by atoms with E-state index in [1.165, 1.54) is 27.6 Å². The average Bonchev–Trinajstić information content (AvgIpc) is 3.25. The first-order chi connectivity index (χ1) is 16.5. The van der Waals surface area contributed by atoms with Gasteiger partial charge in [-0.2, -0.15) is 0 Å². The maximum Gasteiger partial charge on any atom is 0.193 e. The van der Waals surface area contributed by atoms with Gasteiger partial charge in [0.25, 0.3) is 0 Å². The van der Waals surface area contributed by atoms with Gasteiger partial charge in [-0.25, -0.2) is 4.99 Å². The summed E-state index contributed by atoms with van der Waals surface area (Å²) in [4.78, 5) is 5.29. The third kappa shape index (κ3) is 3.28. The lowest BCUT2D eigenvalue weighted by molar-refractivity contribution is 0.245. The van der Waals surface area contributed by atoms with E-state index in [-0.39, 0.29) is 17.1 Å². The summed E-state index contributed by atoms with van der Waals surface area (Å²) in [6.45, 7) is 5.47. The zero-order valence-corrected chi connectivity index (χ0v) is 21.4. The molecule has 0 unspecified atom stereocenters. The van der Waals surface area contributed by atoms with Gasteiger partial charge in [-0.1, -0.05) is 115 Å². The maximum absolute atomic E-state index is 6.79. The molecule has 3 aliphatic rings. The predicted octanol–water partition coefficient (Wildman–Crippen LogP) is 7.64. The van der Waals surface area contributed by atoms with Crippen LogP contribution in [-0.2, 0) is 16.5 Å². The van der Waals surface area contributed by atoms with Gasteiger partial charge in [0.1, 0.15) is 0 Å². The molecule has 3 heterocycles. The molecular weight excluding hydrogens is 453 g/mol. The molecule has 0 amide bonds. The van der Waals surface area contributed by atoms with Crippen LogP contribution in [0.3, 0.4) is 0 Å². The summed E-state index contributed by atoms with van der Waals surface area (Å²) in [6.07, 6.45) is 1.96. The van der Waals surface area contributed by atoms with Gasteiger partial charge in [-0.05, 0) is 41.1 Å². The summed E-state index contributed by atoms with van der Waals surface area (Å²) in [5, 5.41) is 1.43. The summed E-state index contributed by atoms with van der Waals surface area (Å²) >= 11 is 6.79. The Labute approximate surface area is 207 Å². The normalized spacial score (nSPS) is 32.4. The minimum atomic E-state index is -1.99. The zero-order chi connectivity index (χ0) is 23.3. The Balaban J connectivity index is 1.54. The number of ether oxygens (including phenoxy) is 1. The molecule has 2 nitrogen and oxygen atoms in total. The maximum atomic E-state index is 6.79. The SMILES string of the molecule is CC1=C(c2ccccc2)[P@]2(=S)C[C@]1(C)[C@@H](c1ccccc1)[C@H]2C1=N[C@@H](c2ccccc2)CCO1. The van der Waals surface area contributed by atoms with E-state index < -0.39 is 6.04 Å². The molecule has 1 saturated heterocycles. The predicted molar refractivity (Wildman–Crippen MR) is 146 cm³/mol. The van der Waals surface area contributed by atoms with Gasteiger partial charge in [-0.15, -0.1) is 0 Å². The number of allylic oxidation sites excluding steroid dienone is 1. The number of fused-ring (bicyclic) bond motifs is 2. The van der Waals surface area contributed by atoms with E-state index in [2.05, 4.69) is 105 Å². The third-order valence-corrected chi connectivity index (χ3v) is 13.7. The lowest BCUT2D eigenvalue weighted by atomic mass is 9.68. The Kier molecular flexibility index (Phi) is 5.39. The molecule has 172 valence electrons. The smallest absolute Gasteiger partial charge is 0.193 e. The van der Waals surface area contributed by atoms with Gasteiger partial charge in [0.05, 0.1) is 18.3 Å². The van der Waals surface area contributed by atoms with Crippen LogP contribution in [0.25, 0.3) is 5.31 Å². The summed E-state index contributed by atoms with van der Waals surface area (Å²) in [5.74, 6) is 1.20. The largest absolute Gasteiger partial charge is 0.480 e. The summed E-state index contributed by atoms with van der Waals surface area (Å²) < 4.78 is 6.44. The first-order valence-electron chi connectivity index (χ1n) is 12.2. The highest BCUT2D eigenvalue weighted by Crippen LogP contribution is 2.83. The second-order valence-corrected chi connectivity index (χ2v) is 14.9. The van der Waals surface area contributed by atoms with Crippen molar-refractivity contribution in [2.24, 2.45) is 10.4 Å². The highest BCUT2D eigenvalue weighted by atomic mass is 32.4. The monoisotopic (exact) mass is 483 g/mol. The van der Waals surface area contributed by atoms with Crippen molar-refractivity contribution in [3.05, 3.63) is 113 Å². The van der Waals surface area contributed by atoms with E-state index in [0.717, 1.165) is 18.5 Å². The molecule has 3 aromatic carbocycles. The average molecular weight is 484 g/mol. The molecule has 3 aromatic rings. The standard InChI is InChI=1S/C30H30NOPS/c1-21-27(24-16-10-5-11-17-24)33(34)20-30(21,2)26(23-14-8-4-9-15-23)28(33)29-31-25(18-19-32-29)22-12-6-3-7-13-22/h3-17,25-26,28H,18-20H2,1-2H3/t25-,26+,28+,30+,33-/m1/s1. The fourth-order valence-corrected chi connectivity index (χ4v) is 13.7. The van der Waals surface area contributed by atoms with Gasteiger partial charge < -0.3 is 4.74 Å². The second kappa shape index (κ2) is 8.33. The van der Waals surface area contributed by atoms with E-state index in [1.54, 1.807) is 0 Å². The van der Waals surface area contributed by atoms with Crippen LogP contribution in [0, 0.1) is 5.41 Å². The minimum Gasteiger partial charge on any atom is -0.480 e. The van der Waals surface area contributed by atoms with Crippen LogP contribution in [0.4, 0.5) is 0 Å². The van der Waals surface area contributed by atoms with Gasteiger partial charge in [-0.3, -0.25) is 0 Å². The summed E-state index contributed by atoms with van der Waals surface area (Å²) in [6, 6.07) is 30.6. The topological polar surface area (TPSA) is 21.6 Å². The number of benzene rings is 3. The quantitative estimate of drug-likeness (QED) is 0.356. The Bertz CT molecular complexity index is 1320. The molecule has 0 radical (unpaired) electrons. The third-order valence-electron chi connectivity index (χ3n) is 8.17. The fourth-order valence-electron chi connectivity index (χ4n) is 6.57. The van der Waals surface area contributed by atoms with Gasteiger partial charge in [0.15, 0.2) is 5.90 Å². The molecule has 0 saturated carbocycles. The van der Waals surface area contributed by atoms with Gasteiger partial charge in [0.2, 0.25) is 0 Å². The minimum absolute atomic E-state index is 0.0122. The fraction of sp³-hybridized carbons (Fsp3) is 0.300. The zero-order valence-electron chi connectivity index (χ0n) is 19.7. The lowest BCUT2D eigenvalue weighted by Crippen LogP contribution is -2.37. The molecule has 6 rings (SSSR count). The van der Waals surface area contributed by atoms with Crippen molar-refractivity contribution in [2.45, 2.75) is 37.9 Å². The Morgan fingerprint density at radius 1 is 0.882 bits per heavy atom. The molecule has 1 fully saturated rings. The molecule has 2 bridgehead atoms. The number of rotatable bonds is 4. The van der Waals surface area contributed by atoms with E-state index in [4.69, 9.17) is 21.5 Å². The molecule has 0 spiro atoms. The molecule has 4 heteroatoms. The highest BCUT2D eigenvalue weighted by molar-refractivity contribution is 8.20. The van der Waals surface area contributed by atoms with Crippen molar-refractivity contribution in [1.29, 1.82) is 0 Å². The van der Waals surface area contributed by atoms with Crippen molar-refractivity contribution in [3.63, 3.8) is 0 Å². The first-order valence-corrected chi connectivity index (χ1v) is 15.2. The molecule has 0 N–H and O–H groups in total. The number of aliphatic imine (C=N–C) groups is 1. The number of nitrogens with zero attached hydrogens (tertiary/aromatic N) is 1. The lowest BCUT2D eigenvalue weighted by Gasteiger charge is -2.41. The van der Waals surface area contributed by atoms with Gasteiger partial charge >= 0.3 is 0 Å². The van der Waals surface area contributed by atoms with E-state index in [1.807, 2.05) is 0 Å². The van der Waals surface area contributed by atoms with Crippen molar-refractivity contribution in [3.8, 4) is 0 Å². The van der Waals surface area contributed by atoms with E-state index in [0.29, 0.717) is 12.5 Å². The first kappa shape index (κ1) is 22.0.